The molecule has 0 aromatic heterocycles. The maximum absolute atomic E-state index is 14.1. The van der Waals surface area contributed by atoms with Crippen molar-refractivity contribution < 1.29 is 4.57 Å². The van der Waals surface area contributed by atoms with Crippen molar-refractivity contribution in [3.05, 3.63) is 168 Å². The smallest absolute Gasteiger partial charge is 0.133 e. The molecular weight excluding hydrogens is 491 g/mol. The highest BCUT2D eigenvalue weighted by Gasteiger charge is 2.47. The van der Waals surface area contributed by atoms with E-state index in [2.05, 4.69) is 140 Å². The third-order valence-electron chi connectivity index (χ3n) is 8.50. The topological polar surface area (TPSA) is 17.1 Å². The normalized spacial score (nSPS) is 15.7. The summed E-state index contributed by atoms with van der Waals surface area (Å²) in [6.07, 6.45) is 0. The molecule has 184 valence electrons. The van der Waals surface area contributed by atoms with Crippen LogP contribution in [0.3, 0.4) is 0 Å². The Hall–Kier alpha value is -4.45. The van der Waals surface area contributed by atoms with Gasteiger partial charge in [-0.1, -0.05) is 127 Å². The van der Waals surface area contributed by atoms with Crippen molar-refractivity contribution in [3.63, 3.8) is 0 Å². The Balaban J connectivity index is 1.42. The van der Waals surface area contributed by atoms with Crippen LogP contribution in [-0.2, 0) is 9.98 Å². The molecule has 1 heterocycles. The lowest BCUT2D eigenvalue weighted by atomic mass is 9.67. The Bertz CT molecular complexity index is 1870. The average Bonchev–Trinajstić information content (AvgIpc) is 3.46. The van der Waals surface area contributed by atoms with Crippen LogP contribution in [0, 0.1) is 0 Å². The highest BCUT2D eigenvalue weighted by Crippen LogP contribution is 2.57. The molecule has 1 aliphatic carbocycles. The Morgan fingerprint density at radius 2 is 1.00 bits per heavy atom. The number of hydrogen-bond acceptors (Lipinski definition) is 1. The monoisotopic (exact) mass is 516 g/mol. The van der Waals surface area contributed by atoms with E-state index in [1.54, 1.807) is 0 Å². The first-order valence-electron chi connectivity index (χ1n) is 13.4. The van der Waals surface area contributed by atoms with Crippen LogP contribution in [0.4, 0.5) is 0 Å². The van der Waals surface area contributed by atoms with Crippen molar-refractivity contribution in [2.75, 3.05) is 0 Å². The van der Waals surface area contributed by atoms with Gasteiger partial charge in [-0.15, -0.1) is 0 Å². The van der Waals surface area contributed by atoms with Crippen LogP contribution in [0.2, 0.25) is 0 Å². The number of hydrogen-bond donors (Lipinski definition) is 0. The van der Waals surface area contributed by atoms with Gasteiger partial charge in [0.05, 0.1) is 5.41 Å². The molecular formula is C37H25OP. The molecule has 2 heteroatoms. The summed E-state index contributed by atoms with van der Waals surface area (Å²) in [4.78, 5) is 0. The second-order valence-electron chi connectivity index (χ2n) is 10.4. The van der Waals surface area contributed by atoms with Crippen LogP contribution in [0.5, 0.6) is 0 Å². The molecule has 2 aliphatic rings. The van der Waals surface area contributed by atoms with Crippen LogP contribution in [0.15, 0.2) is 146 Å². The van der Waals surface area contributed by atoms with Crippen LogP contribution in [-0.4, -0.2) is 0 Å². The van der Waals surface area contributed by atoms with Gasteiger partial charge >= 0.3 is 0 Å². The molecule has 6 aromatic rings. The largest absolute Gasteiger partial charge is 0.317 e. The quantitative estimate of drug-likeness (QED) is 0.216. The van der Waals surface area contributed by atoms with Gasteiger partial charge in [-0.3, -0.25) is 0 Å². The Labute approximate surface area is 229 Å². The van der Waals surface area contributed by atoms with Gasteiger partial charge in [-0.25, -0.2) is 0 Å². The van der Waals surface area contributed by atoms with Gasteiger partial charge in [0, 0.05) is 10.6 Å². The second kappa shape index (κ2) is 8.53. The summed E-state index contributed by atoms with van der Waals surface area (Å²) < 4.78 is 14.1. The first-order valence-corrected chi connectivity index (χ1v) is 14.8. The van der Waals surface area contributed by atoms with Crippen molar-refractivity contribution >= 4 is 18.4 Å². The lowest BCUT2D eigenvalue weighted by molar-refractivity contribution is 0.598. The number of benzene rings is 6. The van der Waals surface area contributed by atoms with Crippen molar-refractivity contribution in [1.29, 1.82) is 0 Å². The van der Waals surface area contributed by atoms with Crippen LogP contribution >= 0.6 is 7.80 Å². The van der Waals surface area contributed by atoms with Crippen molar-refractivity contribution in [1.82, 2.24) is 0 Å². The first-order chi connectivity index (χ1) is 19.3. The maximum atomic E-state index is 14.1. The SMILES string of the molecule is O=[PH]1c2cc(-c3ccccc3)ccc2-c2cc3c(cc21)-c1ccccc1C3(c1ccccc1)c1ccccc1. The summed E-state index contributed by atoms with van der Waals surface area (Å²) in [7, 11) is -2.14. The van der Waals surface area contributed by atoms with Crippen LogP contribution in [0.1, 0.15) is 22.3 Å². The summed E-state index contributed by atoms with van der Waals surface area (Å²) >= 11 is 0. The third kappa shape index (κ3) is 3.11. The summed E-state index contributed by atoms with van der Waals surface area (Å²) in [6.45, 7) is 0. The van der Waals surface area contributed by atoms with Crippen molar-refractivity contribution in [2.24, 2.45) is 0 Å². The van der Waals surface area contributed by atoms with E-state index in [1.165, 1.54) is 33.4 Å². The van der Waals surface area contributed by atoms with Gasteiger partial charge < -0.3 is 4.57 Å². The molecule has 0 radical (unpaired) electrons. The standard InChI is InChI=1S/C37H25OP/c38-39-35-22-26(25-12-4-1-5-13-25)20-21-30(35)32-23-34-31(24-36(32)39)29-18-10-11-19-33(29)37(34,27-14-6-2-7-15-27)28-16-8-3-9-17-28/h1-24,39H. The minimum absolute atomic E-state index is 0.452. The van der Waals surface area contributed by atoms with E-state index in [0.29, 0.717) is 0 Å². The molecule has 0 amide bonds. The van der Waals surface area contributed by atoms with E-state index >= 15 is 0 Å². The molecule has 1 atom stereocenters. The number of fused-ring (bicyclic) bond motifs is 6. The molecule has 0 saturated carbocycles. The van der Waals surface area contributed by atoms with E-state index in [4.69, 9.17) is 0 Å². The van der Waals surface area contributed by atoms with E-state index in [1.807, 2.05) is 6.07 Å². The lowest BCUT2D eigenvalue weighted by Crippen LogP contribution is -2.28. The fraction of sp³-hybridized carbons (Fsp3) is 0.0270. The van der Waals surface area contributed by atoms with Crippen molar-refractivity contribution in [2.45, 2.75) is 5.41 Å². The van der Waals surface area contributed by atoms with Gasteiger partial charge in [0.15, 0.2) is 0 Å². The zero-order valence-electron chi connectivity index (χ0n) is 21.3. The van der Waals surface area contributed by atoms with E-state index < -0.39 is 13.2 Å². The fourth-order valence-corrected chi connectivity index (χ4v) is 8.59. The molecule has 0 bridgehead atoms. The molecule has 0 N–H and O–H groups in total. The van der Waals surface area contributed by atoms with Gasteiger partial charge in [-0.2, -0.15) is 0 Å². The highest BCUT2D eigenvalue weighted by atomic mass is 31.1. The van der Waals surface area contributed by atoms with Crippen molar-refractivity contribution in [3.8, 4) is 33.4 Å². The maximum Gasteiger partial charge on any atom is 0.133 e. The van der Waals surface area contributed by atoms with E-state index in [-0.39, 0.29) is 0 Å². The van der Waals surface area contributed by atoms with E-state index in [9.17, 15) is 4.57 Å². The molecule has 1 nitrogen and oxygen atoms in total. The average molecular weight is 517 g/mol. The molecule has 0 spiro atoms. The first kappa shape index (κ1) is 22.5. The highest BCUT2D eigenvalue weighted by molar-refractivity contribution is 7.63. The van der Waals surface area contributed by atoms with Crippen LogP contribution < -0.4 is 10.6 Å². The Morgan fingerprint density at radius 3 is 1.69 bits per heavy atom. The molecule has 0 fully saturated rings. The molecule has 1 aliphatic heterocycles. The minimum Gasteiger partial charge on any atom is -0.317 e. The minimum atomic E-state index is -2.14. The summed E-state index contributed by atoms with van der Waals surface area (Å²) in [6, 6.07) is 51.8. The lowest BCUT2D eigenvalue weighted by Gasteiger charge is -2.34. The fourth-order valence-electron chi connectivity index (χ4n) is 6.82. The summed E-state index contributed by atoms with van der Waals surface area (Å²) in [5, 5.41) is 1.95. The molecule has 6 aromatic carbocycles. The zero-order valence-corrected chi connectivity index (χ0v) is 22.3. The van der Waals surface area contributed by atoms with Gasteiger partial charge in [0.2, 0.25) is 0 Å². The predicted octanol–water partition coefficient (Wildman–Crippen LogP) is 8.21. The Kier molecular flexibility index (Phi) is 4.93. The molecule has 0 saturated heterocycles. The Morgan fingerprint density at radius 1 is 0.410 bits per heavy atom. The van der Waals surface area contributed by atoms with Gasteiger partial charge in [0.1, 0.15) is 7.80 Å². The van der Waals surface area contributed by atoms with Crippen LogP contribution in [0.25, 0.3) is 33.4 Å². The van der Waals surface area contributed by atoms with E-state index in [0.717, 1.165) is 32.9 Å². The van der Waals surface area contributed by atoms with Gasteiger partial charge in [0.25, 0.3) is 0 Å². The predicted molar refractivity (Wildman–Crippen MR) is 163 cm³/mol. The number of rotatable bonds is 3. The zero-order chi connectivity index (χ0) is 26.0. The molecule has 39 heavy (non-hydrogen) atoms. The third-order valence-corrected chi connectivity index (χ3v) is 10.3. The molecule has 8 rings (SSSR count). The molecule has 1 unspecified atom stereocenters. The summed E-state index contributed by atoms with van der Waals surface area (Å²) in [5.41, 5.74) is 11.4. The second-order valence-corrected chi connectivity index (χ2v) is 12.2. The van der Waals surface area contributed by atoms with Gasteiger partial charge in [-0.05, 0) is 73.8 Å². The summed E-state index contributed by atoms with van der Waals surface area (Å²) in [5.74, 6) is 0.